The molecule has 0 radical (unpaired) electrons. The number of aliphatic hydroxyl groups is 1. The monoisotopic (exact) mass is 114 g/mol. The van der Waals surface area contributed by atoms with Crippen molar-refractivity contribution in [1.29, 1.82) is 0 Å². The largest absolute Gasteiger partial charge is 0.390 e. The van der Waals surface area contributed by atoms with Crippen LogP contribution in [0.3, 0.4) is 0 Å². The van der Waals surface area contributed by atoms with Crippen LogP contribution in [0.25, 0.3) is 0 Å². The molecule has 3 atom stereocenters. The predicted molar refractivity (Wildman–Crippen MR) is 28.5 cm³/mol. The molecule has 2 nitrogen and oxygen atoms in total. The standard InChI is InChI=1S/C6H10O2/c7-4-2-1-3-5-6(4)8-5/h4-7H,1-3H2/t4-,5+,6+/m0/s1. The van der Waals surface area contributed by atoms with Crippen molar-refractivity contribution >= 4 is 0 Å². The van der Waals surface area contributed by atoms with Gasteiger partial charge in [0.15, 0.2) is 0 Å². The highest BCUT2D eigenvalue weighted by Gasteiger charge is 2.46. The Hall–Kier alpha value is -0.0800. The van der Waals surface area contributed by atoms with Crippen molar-refractivity contribution in [3.63, 3.8) is 0 Å². The maximum absolute atomic E-state index is 9.09. The Morgan fingerprint density at radius 2 is 2.25 bits per heavy atom. The predicted octanol–water partition coefficient (Wildman–Crippen LogP) is 0.299. The minimum atomic E-state index is -0.145. The molecule has 1 saturated carbocycles. The smallest absolute Gasteiger partial charge is 0.110 e. The summed E-state index contributed by atoms with van der Waals surface area (Å²) >= 11 is 0. The second kappa shape index (κ2) is 1.45. The van der Waals surface area contributed by atoms with Gasteiger partial charge in [-0.25, -0.2) is 0 Å². The van der Waals surface area contributed by atoms with Gasteiger partial charge in [-0.05, 0) is 19.3 Å². The maximum atomic E-state index is 9.09. The molecule has 1 aliphatic heterocycles. The number of rotatable bonds is 0. The van der Waals surface area contributed by atoms with Crippen LogP contribution < -0.4 is 0 Å². The first kappa shape index (κ1) is 4.77. The van der Waals surface area contributed by atoms with Crippen molar-refractivity contribution in [3.05, 3.63) is 0 Å². The zero-order chi connectivity index (χ0) is 5.56. The van der Waals surface area contributed by atoms with E-state index in [1.54, 1.807) is 0 Å². The van der Waals surface area contributed by atoms with E-state index in [1.807, 2.05) is 0 Å². The molecule has 2 heteroatoms. The van der Waals surface area contributed by atoms with Gasteiger partial charge in [-0.2, -0.15) is 0 Å². The molecular formula is C6H10O2. The van der Waals surface area contributed by atoms with Crippen LogP contribution >= 0.6 is 0 Å². The van der Waals surface area contributed by atoms with E-state index in [0.717, 1.165) is 12.8 Å². The van der Waals surface area contributed by atoms with Crippen molar-refractivity contribution in [2.75, 3.05) is 0 Å². The summed E-state index contributed by atoms with van der Waals surface area (Å²) < 4.78 is 5.14. The van der Waals surface area contributed by atoms with Crippen molar-refractivity contribution in [1.82, 2.24) is 0 Å². The molecule has 8 heavy (non-hydrogen) atoms. The fourth-order valence-corrected chi connectivity index (χ4v) is 1.42. The van der Waals surface area contributed by atoms with Gasteiger partial charge < -0.3 is 9.84 Å². The summed E-state index contributed by atoms with van der Waals surface area (Å²) in [6.45, 7) is 0. The number of fused-ring (bicyclic) bond motifs is 1. The van der Waals surface area contributed by atoms with E-state index in [9.17, 15) is 0 Å². The van der Waals surface area contributed by atoms with E-state index in [4.69, 9.17) is 9.84 Å². The van der Waals surface area contributed by atoms with Crippen LogP contribution in [-0.2, 0) is 4.74 Å². The minimum absolute atomic E-state index is 0.145. The lowest BCUT2D eigenvalue weighted by Crippen LogP contribution is -2.20. The van der Waals surface area contributed by atoms with Crippen molar-refractivity contribution in [3.8, 4) is 0 Å². The first-order chi connectivity index (χ1) is 3.88. The Morgan fingerprint density at radius 3 is 2.88 bits per heavy atom. The van der Waals surface area contributed by atoms with Crippen molar-refractivity contribution in [2.24, 2.45) is 0 Å². The van der Waals surface area contributed by atoms with E-state index >= 15 is 0 Å². The minimum Gasteiger partial charge on any atom is -0.390 e. The van der Waals surface area contributed by atoms with Gasteiger partial charge >= 0.3 is 0 Å². The summed E-state index contributed by atoms with van der Waals surface area (Å²) in [4.78, 5) is 0. The van der Waals surface area contributed by atoms with Crippen LogP contribution in [0.1, 0.15) is 19.3 Å². The molecule has 1 aliphatic carbocycles. The lowest BCUT2D eigenvalue weighted by atomic mass is 9.98. The summed E-state index contributed by atoms with van der Waals surface area (Å²) in [6, 6.07) is 0. The average molecular weight is 114 g/mol. The second-order valence-electron chi connectivity index (χ2n) is 2.64. The van der Waals surface area contributed by atoms with Crippen molar-refractivity contribution in [2.45, 2.75) is 37.6 Å². The summed E-state index contributed by atoms with van der Waals surface area (Å²) in [6.07, 6.45) is 3.77. The summed E-state index contributed by atoms with van der Waals surface area (Å²) in [5, 5.41) is 9.09. The van der Waals surface area contributed by atoms with Gasteiger partial charge in [0.05, 0.1) is 12.2 Å². The molecule has 46 valence electrons. The Bertz CT molecular complexity index is 103. The lowest BCUT2D eigenvalue weighted by Gasteiger charge is -2.10. The van der Waals surface area contributed by atoms with Gasteiger partial charge in [-0.3, -0.25) is 0 Å². The highest BCUT2D eigenvalue weighted by molar-refractivity contribution is 4.94. The highest BCUT2D eigenvalue weighted by atomic mass is 16.6. The summed E-state index contributed by atoms with van der Waals surface area (Å²) in [5.74, 6) is 0. The van der Waals surface area contributed by atoms with Gasteiger partial charge in [0.2, 0.25) is 0 Å². The van der Waals surface area contributed by atoms with Crippen molar-refractivity contribution < 1.29 is 9.84 Å². The molecule has 0 amide bonds. The molecule has 0 unspecified atom stereocenters. The molecule has 0 spiro atoms. The SMILES string of the molecule is O[C@H]1CCC[C@H]2O[C@H]12. The van der Waals surface area contributed by atoms with Crippen LogP contribution in [0, 0.1) is 0 Å². The third-order valence-electron chi connectivity index (χ3n) is 1.99. The Kier molecular flexibility index (Phi) is 0.866. The molecule has 2 aliphatic rings. The number of ether oxygens (including phenoxy) is 1. The highest BCUT2D eigenvalue weighted by Crippen LogP contribution is 2.36. The van der Waals surface area contributed by atoms with E-state index in [-0.39, 0.29) is 12.2 Å². The first-order valence-electron chi connectivity index (χ1n) is 3.21. The fourth-order valence-electron chi connectivity index (χ4n) is 1.42. The lowest BCUT2D eigenvalue weighted by molar-refractivity contribution is 0.124. The van der Waals surface area contributed by atoms with Crippen LogP contribution in [0.4, 0.5) is 0 Å². The van der Waals surface area contributed by atoms with Crippen LogP contribution in [0.5, 0.6) is 0 Å². The number of aliphatic hydroxyl groups excluding tert-OH is 1. The quantitative estimate of drug-likeness (QED) is 0.459. The van der Waals surface area contributed by atoms with Crippen LogP contribution in [0.2, 0.25) is 0 Å². The zero-order valence-corrected chi connectivity index (χ0v) is 4.71. The first-order valence-corrected chi connectivity index (χ1v) is 3.21. The molecule has 0 aromatic heterocycles. The molecule has 0 aromatic rings. The zero-order valence-electron chi connectivity index (χ0n) is 4.71. The fraction of sp³-hybridized carbons (Fsp3) is 1.00. The van der Waals surface area contributed by atoms with E-state index in [1.165, 1.54) is 6.42 Å². The van der Waals surface area contributed by atoms with E-state index < -0.39 is 0 Å². The molecular weight excluding hydrogens is 104 g/mol. The van der Waals surface area contributed by atoms with Crippen LogP contribution in [-0.4, -0.2) is 23.4 Å². The molecule has 1 N–H and O–H groups in total. The Balaban J connectivity index is 1.99. The van der Waals surface area contributed by atoms with Gasteiger partial charge in [0.1, 0.15) is 6.10 Å². The van der Waals surface area contributed by atoms with Gasteiger partial charge in [-0.15, -0.1) is 0 Å². The molecule has 0 bridgehead atoms. The Morgan fingerprint density at radius 1 is 1.38 bits per heavy atom. The van der Waals surface area contributed by atoms with Gasteiger partial charge in [0.25, 0.3) is 0 Å². The van der Waals surface area contributed by atoms with Crippen LogP contribution in [0.15, 0.2) is 0 Å². The molecule has 2 rings (SSSR count). The third kappa shape index (κ3) is 0.565. The Labute approximate surface area is 48.5 Å². The number of epoxide rings is 1. The third-order valence-corrected chi connectivity index (χ3v) is 1.99. The van der Waals surface area contributed by atoms with E-state index in [0.29, 0.717) is 6.10 Å². The van der Waals surface area contributed by atoms with Gasteiger partial charge in [-0.1, -0.05) is 0 Å². The molecule has 2 fully saturated rings. The van der Waals surface area contributed by atoms with E-state index in [2.05, 4.69) is 0 Å². The average Bonchev–Trinajstić information content (AvgIpc) is 2.45. The second-order valence-corrected chi connectivity index (χ2v) is 2.64. The molecule has 1 saturated heterocycles. The number of hydrogen-bond donors (Lipinski definition) is 1. The maximum Gasteiger partial charge on any atom is 0.110 e. The molecule has 1 heterocycles. The summed E-state index contributed by atoms with van der Waals surface area (Å²) in [5.41, 5.74) is 0. The normalized spacial score (nSPS) is 52.9. The number of hydrogen-bond acceptors (Lipinski definition) is 2. The topological polar surface area (TPSA) is 32.8 Å². The summed E-state index contributed by atoms with van der Waals surface area (Å²) in [7, 11) is 0. The molecule has 0 aromatic carbocycles. The van der Waals surface area contributed by atoms with Gasteiger partial charge in [0, 0.05) is 0 Å².